The summed E-state index contributed by atoms with van der Waals surface area (Å²) in [6.45, 7) is 0. The molecular weight excluding hydrogens is 430 g/mol. The first kappa shape index (κ1) is 21.5. The lowest BCUT2D eigenvalue weighted by molar-refractivity contribution is -0.115. The van der Waals surface area contributed by atoms with E-state index in [9.17, 15) is 18.3 Å². The Morgan fingerprint density at radius 1 is 1.00 bits per heavy atom. The Labute approximate surface area is 186 Å². The van der Waals surface area contributed by atoms with Crippen molar-refractivity contribution in [3.8, 4) is 5.75 Å². The highest BCUT2D eigenvalue weighted by molar-refractivity contribution is 7.99. The van der Waals surface area contributed by atoms with Crippen LogP contribution in [0.15, 0.2) is 81.4 Å². The van der Waals surface area contributed by atoms with Gasteiger partial charge in [0.1, 0.15) is 10.6 Å². The summed E-state index contributed by atoms with van der Waals surface area (Å²) in [5, 5.41) is 12.6. The topological polar surface area (TPSA) is 83.5 Å². The molecule has 0 unspecified atom stereocenters. The maximum Gasteiger partial charge on any atom is 0.228 e. The van der Waals surface area contributed by atoms with E-state index in [0.29, 0.717) is 11.3 Å². The zero-order valence-electron chi connectivity index (χ0n) is 17.0. The highest BCUT2D eigenvalue weighted by Crippen LogP contribution is 2.40. The molecule has 0 spiro atoms. The minimum atomic E-state index is -3.57. The van der Waals surface area contributed by atoms with Crippen molar-refractivity contribution >= 4 is 33.2 Å². The monoisotopic (exact) mass is 453 g/mol. The van der Waals surface area contributed by atoms with E-state index in [0.717, 1.165) is 17.1 Å². The maximum atomic E-state index is 12.4. The predicted molar refractivity (Wildman–Crippen MR) is 123 cm³/mol. The normalized spacial score (nSPS) is 13.7. The molecule has 0 heterocycles. The molecule has 1 saturated carbocycles. The van der Waals surface area contributed by atoms with Crippen molar-refractivity contribution in [1.82, 2.24) is 0 Å². The standard InChI is InChI=1S/C24H23NO4S2/c1-31(28,29)23-14-16(2-13-22(23)26)15-24(27)25-19-7-11-21(12-8-19)30-20-9-5-18(6-10-20)17-3-4-17/h2,5-14,17,26H,3-4,15H2,1H3,(H,25,27). The minimum absolute atomic E-state index is 0.00659. The first-order valence-electron chi connectivity index (χ1n) is 9.97. The Bertz CT molecular complexity index is 1200. The fourth-order valence-electron chi connectivity index (χ4n) is 3.32. The zero-order valence-corrected chi connectivity index (χ0v) is 18.7. The van der Waals surface area contributed by atoms with Gasteiger partial charge in [0.25, 0.3) is 0 Å². The van der Waals surface area contributed by atoms with Crippen molar-refractivity contribution in [2.24, 2.45) is 0 Å². The number of rotatable bonds is 7. The third-order valence-electron chi connectivity index (χ3n) is 5.09. The van der Waals surface area contributed by atoms with Crippen LogP contribution in [-0.2, 0) is 21.1 Å². The average Bonchev–Trinajstić information content (AvgIpc) is 3.56. The molecule has 1 aliphatic rings. The summed E-state index contributed by atoms with van der Waals surface area (Å²) in [4.78, 5) is 14.4. The molecule has 5 nitrogen and oxygen atoms in total. The second-order valence-electron chi connectivity index (χ2n) is 7.77. The van der Waals surface area contributed by atoms with Gasteiger partial charge < -0.3 is 10.4 Å². The molecule has 31 heavy (non-hydrogen) atoms. The molecule has 7 heteroatoms. The number of hydrogen-bond donors (Lipinski definition) is 2. The Kier molecular flexibility index (Phi) is 6.07. The van der Waals surface area contributed by atoms with Crippen molar-refractivity contribution in [1.29, 1.82) is 0 Å². The second kappa shape index (κ2) is 8.77. The fraction of sp³-hybridized carbons (Fsp3) is 0.208. The van der Waals surface area contributed by atoms with Crippen LogP contribution >= 0.6 is 11.8 Å². The minimum Gasteiger partial charge on any atom is -0.507 e. The molecular formula is C24H23NO4S2. The summed E-state index contributed by atoms with van der Waals surface area (Å²) < 4.78 is 23.5. The van der Waals surface area contributed by atoms with Gasteiger partial charge in [-0.3, -0.25) is 4.79 Å². The van der Waals surface area contributed by atoms with Crippen molar-refractivity contribution in [2.45, 2.75) is 39.9 Å². The smallest absolute Gasteiger partial charge is 0.228 e. The van der Waals surface area contributed by atoms with E-state index < -0.39 is 9.84 Å². The van der Waals surface area contributed by atoms with Crippen LogP contribution in [0.4, 0.5) is 5.69 Å². The summed E-state index contributed by atoms with van der Waals surface area (Å²) >= 11 is 1.67. The third kappa shape index (κ3) is 5.68. The molecule has 1 amide bonds. The average molecular weight is 454 g/mol. The molecule has 0 radical (unpaired) electrons. The van der Waals surface area contributed by atoms with Gasteiger partial charge in [-0.2, -0.15) is 0 Å². The van der Waals surface area contributed by atoms with E-state index >= 15 is 0 Å². The van der Waals surface area contributed by atoms with E-state index in [-0.39, 0.29) is 23.0 Å². The highest BCUT2D eigenvalue weighted by atomic mass is 32.2. The number of phenols is 1. The van der Waals surface area contributed by atoms with Gasteiger partial charge in [0, 0.05) is 21.7 Å². The second-order valence-corrected chi connectivity index (χ2v) is 10.9. The lowest BCUT2D eigenvalue weighted by Crippen LogP contribution is -2.14. The number of carbonyl (C=O) groups excluding carboxylic acids is 1. The van der Waals surface area contributed by atoms with Crippen LogP contribution in [0.25, 0.3) is 0 Å². The summed E-state index contributed by atoms with van der Waals surface area (Å²) in [5.41, 5.74) is 2.60. The molecule has 1 aliphatic carbocycles. The van der Waals surface area contributed by atoms with E-state index in [1.165, 1.54) is 41.5 Å². The molecule has 0 aromatic heterocycles. The van der Waals surface area contributed by atoms with Crippen LogP contribution in [0.5, 0.6) is 5.75 Å². The molecule has 3 aromatic carbocycles. The van der Waals surface area contributed by atoms with Gasteiger partial charge in [0.05, 0.1) is 6.42 Å². The molecule has 0 atom stereocenters. The number of anilines is 1. The van der Waals surface area contributed by atoms with Gasteiger partial charge in [-0.15, -0.1) is 0 Å². The largest absolute Gasteiger partial charge is 0.507 e. The number of phenolic OH excluding ortho intramolecular Hbond substituents is 1. The van der Waals surface area contributed by atoms with Gasteiger partial charge in [0.2, 0.25) is 5.91 Å². The van der Waals surface area contributed by atoms with Gasteiger partial charge in [0.15, 0.2) is 9.84 Å². The lowest BCUT2D eigenvalue weighted by atomic mass is 10.1. The van der Waals surface area contributed by atoms with Crippen molar-refractivity contribution in [3.63, 3.8) is 0 Å². The fourth-order valence-corrected chi connectivity index (χ4v) is 4.95. The molecule has 160 valence electrons. The molecule has 2 N–H and O–H groups in total. The molecule has 4 rings (SSSR count). The number of sulfone groups is 1. The van der Waals surface area contributed by atoms with Crippen molar-refractivity contribution < 1.29 is 18.3 Å². The maximum absolute atomic E-state index is 12.4. The zero-order chi connectivity index (χ0) is 22.0. The van der Waals surface area contributed by atoms with Crippen LogP contribution in [0.2, 0.25) is 0 Å². The molecule has 0 bridgehead atoms. The van der Waals surface area contributed by atoms with Gasteiger partial charge >= 0.3 is 0 Å². The van der Waals surface area contributed by atoms with Crippen LogP contribution in [0.3, 0.4) is 0 Å². The predicted octanol–water partition coefficient (Wildman–Crippen LogP) is 5.01. The number of hydrogen-bond acceptors (Lipinski definition) is 5. The van der Waals surface area contributed by atoms with E-state index in [2.05, 4.69) is 29.6 Å². The first-order valence-corrected chi connectivity index (χ1v) is 12.7. The molecule has 0 saturated heterocycles. The molecule has 3 aromatic rings. The Balaban J connectivity index is 1.35. The van der Waals surface area contributed by atoms with E-state index in [1.807, 2.05) is 24.3 Å². The van der Waals surface area contributed by atoms with Gasteiger partial charge in [-0.05, 0) is 78.4 Å². The summed E-state index contributed by atoms with van der Waals surface area (Å²) in [6.07, 6.45) is 3.62. The van der Waals surface area contributed by atoms with Crippen LogP contribution < -0.4 is 5.32 Å². The number of amides is 1. The van der Waals surface area contributed by atoms with Crippen molar-refractivity contribution in [3.05, 3.63) is 77.9 Å². The SMILES string of the molecule is CS(=O)(=O)c1cc(CC(=O)Nc2ccc(Sc3ccc(C4CC4)cc3)cc2)ccc1O. The summed E-state index contributed by atoms with van der Waals surface area (Å²) in [7, 11) is -3.57. The van der Waals surface area contributed by atoms with Crippen molar-refractivity contribution in [2.75, 3.05) is 11.6 Å². The lowest BCUT2D eigenvalue weighted by Gasteiger charge is -2.09. The third-order valence-corrected chi connectivity index (χ3v) is 7.23. The Morgan fingerprint density at radius 2 is 1.61 bits per heavy atom. The van der Waals surface area contributed by atoms with E-state index in [4.69, 9.17) is 0 Å². The van der Waals surface area contributed by atoms with Gasteiger partial charge in [-0.1, -0.05) is 30.0 Å². The molecule has 1 fully saturated rings. The molecule has 0 aliphatic heterocycles. The Hall–Kier alpha value is -2.77. The number of nitrogens with one attached hydrogen (secondary N) is 1. The first-order chi connectivity index (χ1) is 14.8. The quantitative estimate of drug-likeness (QED) is 0.526. The number of aromatic hydroxyl groups is 1. The van der Waals surface area contributed by atoms with Crippen LogP contribution in [0, 0.1) is 0 Å². The van der Waals surface area contributed by atoms with Crippen LogP contribution in [-0.4, -0.2) is 25.7 Å². The van der Waals surface area contributed by atoms with Crippen LogP contribution in [0.1, 0.15) is 29.9 Å². The Morgan fingerprint density at radius 3 is 2.19 bits per heavy atom. The summed E-state index contributed by atoms with van der Waals surface area (Å²) in [6, 6.07) is 20.5. The highest BCUT2D eigenvalue weighted by Gasteiger charge is 2.23. The number of carbonyl (C=O) groups is 1. The van der Waals surface area contributed by atoms with E-state index in [1.54, 1.807) is 11.8 Å². The van der Waals surface area contributed by atoms with Gasteiger partial charge in [-0.25, -0.2) is 8.42 Å². The summed E-state index contributed by atoms with van der Waals surface area (Å²) in [5.74, 6) is 0.171. The number of benzene rings is 3.